The Bertz CT molecular complexity index is 694. The number of hydrogen-bond acceptors (Lipinski definition) is 6. The first kappa shape index (κ1) is 10.8. The third kappa shape index (κ3) is 1.84. The van der Waals surface area contributed by atoms with Crippen molar-refractivity contribution >= 4 is 16.5 Å². The van der Waals surface area contributed by atoms with Gasteiger partial charge in [0.25, 0.3) is 5.89 Å². The average molecular weight is 262 g/mol. The van der Waals surface area contributed by atoms with E-state index in [1.807, 2.05) is 0 Å². The van der Waals surface area contributed by atoms with E-state index in [0.29, 0.717) is 10.8 Å². The second kappa shape index (κ2) is 4.19. The lowest BCUT2D eigenvalue weighted by molar-refractivity contribution is 0.431. The fraction of sp³-hybridized carbons (Fsp3) is 0. The number of nitrogens with two attached hydrogens (primary N) is 1. The molecule has 3 rings (SSSR count). The highest BCUT2D eigenvalue weighted by Crippen LogP contribution is 2.25. The molecule has 0 aliphatic heterocycles. The molecule has 0 aliphatic carbocycles. The quantitative estimate of drug-likeness (QED) is 0.768. The van der Waals surface area contributed by atoms with Crippen LogP contribution in [0.3, 0.4) is 0 Å². The van der Waals surface area contributed by atoms with Gasteiger partial charge in [0.1, 0.15) is 11.5 Å². The Kier molecular flexibility index (Phi) is 2.52. The molecule has 0 radical (unpaired) electrons. The molecule has 2 N–H and O–H groups in total. The summed E-state index contributed by atoms with van der Waals surface area (Å²) in [5, 5.41) is 5.85. The van der Waals surface area contributed by atoms with Crippen LogP contribution in [0.1, 0.15) is 0 Å². The lowest BCUT2D eigenvalue weighted by Gasteiger charge is -1.94. The number of rotatable bonds is 2. The number of nitrogen functional groups attached to an aromatic ring is 1. The van der Waals surface area contributed by atoms with Gasteiger partial charge in [-0.05, 0) is 12.1 Å². The monoisotopic (exact) mass is 262 g/mol. The van der Waals surface area contributed by atoms with E-state index in [9.17, 15) is 4.39 Å². The molecular formula is C11H7FN4OS. The van der Waals surface area contributed by atoms with Crippen LogP contribution in [-0.2, 0) is 0 Å². The maximum atomic E-state index is 13.5. The Morgan fingerprint density at radius 3 is 2.78 bits per heavy atom. The van der Waals surface area contributed by atoms with Gasteiger partial charge >= 0.3 is 0 Å². The first-order valence-corrected chi connectivity index (χ1v) is 5.92. The molecule has 0 bridgehead atoms. The van der Waals surface area contributed by atoms with Gasteiger partial charge in [-0.1, -0.05) is 17.3 Å². The van der Waals surface area contributed by atoms with E-state index in [1.165, 1.54) is 17.4 Å². The van der Waals surface area contributed by atoms with Crippen LogP contribution in [0.15, 0.2) is 34.2 Å². The van der Waals surface area contributed by atoms with Gasteiger partial charge in [0, 0.05) is 5.38 Å². The Hall–Kier alpha value is -2.28. The maximum Gasteiger partial charge on any atom is 0.277 e. The number of aromatic nitrogens is 3. The number of anilines is 1. The molecule has 3 aromatic rings. The number of thiazole rings is 1. The summed E-state index contributed by atoms with van der Waals surface area (Å²) < 4.78 is 18.6. The summed E-state index contributed by atoms with van der Waals surface area (Å²) in [6.45, 7) is 0. The fourth-order valence-corrected chi connectivity index (χ4v) is 2.00. The molecule has 0 spiro atoms. The smallest absolute Gasteiger partial charge is 0.277 e. The third-order valence-corrected chi connectivity index (χ3v) is 2.96. The average Bonchev–Trinajstić information content (AvgIpc) is 2.98. The zero-order chi connectivity index (χ0) is 12.5. The molecule has 18 heavy (non-hydrogen) atoms. The minimum absolute atomic E-state index is 0.190. The van der Waals surface area contributed by atoms with Crippen molar-refractivity contribution in [3.05, 3.63) is 35.5 Å². The van der Waals surface area contributed by atoms with E-state index in [4.69, 9.17) is 10.3 Å². The first-order valence-electron chi connectivity index (χ1n) is 5.04. The summed E-state index contributed by atoms with van der Waals surface area (Å²) in [5.41, 5.74) is 6.30. The van der Waals surface area contributed by atoms with Crippen molar-refractivity contribution in [3.63, 3.8) is 0 Å². The molecule has 0 aliphatic rings. The van der Waals surface area contributed by atoms with Crippen LogP contribution in [0.25, 0.3) is 23.0 Å². The molecule has 2 heterocycles. The lowest BCUT2D eigenvalue weighted by Crippen LogP contribution is -1.86. The van der Waals surface area contributed by atoms with Crippen LogP contribution in [-0.4, -0.2) is 15.1 Å². The number of hydrogen-bond donors (Lipinski definition) is 1. The highest BCUT2D eigenvalue weighted by Gasteiger charge is 2.15. The normalized spacial score (nSPS) is 10.7. The van der Waals surface area contributed by atoms with Gasteiger partial charge in [-0.3, -0.25) is 0 Å². The van der Waals surface area contributed by atoms with Crippen molar-refractivity contribution in [3.8, 4) is 23.0 Å². The SMILES string of the molecule is Nc1nc(-c2nc(-c3ccccc3F)no2)cs1. The predicted octanol–water partition coefficient (Wildman–Crippen LogP) is 2.58. The molecule has 0 unspecified atom stereocenters. The molecule has 0 amide bonds. The van der Waals surface area contributed by atoms with Crippen molar-refractivity contribution in [2.45, 2.75) is 0 Å². The maximum absolute atomic E-state index is 13.5. The Morgan fingerprint density at radius 1 is 1.22 bits per heavy atom. The van der Waals surface area contributed by atoms with Crippen molar-refractivity contribution in [1.29, 1.82) is 0 Å². The minimum atomic E-state index is -0.400. The van der Waals surface area contributed by atoms with E-state index in [2.05, 4.69) is 15.1 Å². The highest BCUT2D eigenvalue weighted by atomic mass is 32.1. The second-order valence-electron chi connectivity index (χ2n) is 3.47. The minimum Gasteiger partial charge on any atom is -0.375 e. The zero-order valence-corrected chi connectivity index (χ0v) is 9.82. The largest absolute Gasteiger partial charge is 0.375 e. The van der Waals surface area contributed by atoms with E-state index in [0.717, 1.165) is 0 Å². The third-order valence-electron chi connectivity index (χ3n) is 2.28. The van der Waals surface area contributed by atoms with Gasteiger partial charge in [0.2, 0.25) is 5.82 Å². The van der Waals surface area contributed by atoms with Crippen LogP contribution in [0, 0.1) is 5.82 Å². The molecule has 7 heteroatoms. The van der Waals surface area contributed by atoms with Gasteiger partial charge in [0.05, 0.1) is 5.56 Å². The Morgan fingerprint density at radius 2 is 2.06 bits per heavy atom. The van der Waals surface area contributed by atoms with Crippen LogP contribution >= 0.6 is 11.3 Å². The standard InChI is InChI=1S/C11H7FN4OS/c12-7-4-2-1-3-6(7)9-15-10(17-16-9)8-5-18-11(13)14-8/h1-5H,(H2,13,14). The Balaban J connectivity index is 2.02. The Labute approximate surface area is 105 Å². The van der Waals surface area contributed by atoms with Gasteiger partial charge in [0.15, 0.2) is 5.13 Å². The van der Waals surface area contributed by atoms with E-state index >= 15 is 0 Å². The van der Waals surface area contributed by atoms with Gasteiger partial charge in [-0.25, -0.2) is 9.37 Å². The summed E-state index contributed by atoms with van der Waals surface area (Å²) in [4.78, 5) is 8.11. The number of benzene rings is 1. The van der Waals surface area contributed by atoms with Crippen molar-refractivity contribution in [1.82, 2.24) is 15.1 Å². The molecule has 5 nitrogen and oxygen atoms in total. The van der Waals surface area contributed by atoms with E-state index in [-0.39, 0.29) is 17.3 Å². The predicted molar refractivity (Wildman–Crippen MR) is 65.2 cm³/mol. The molecule has 0 atom stereocenters. The van der Waals surface area contributed by atoms with Gasteiger partial charge < -0.3 is 10.3 Å². The van der Waals surface area contributed by atoms with Crippen molar-refractivity contribution < 1.29 is 8.91 Å². The van der Waals surface area contributed by atoms with Crippen LogP contribution in [0.4, 0.5) is 9.52 Å². The second-order valence-corrected chi connectivity index (χ2v) is 4.36. The zero-order valence-electron chi connectivity index (χ0n) is 9.00. The molecule has 90 valence electrons. The molecule has 0 saturated carbocycles. The van der Waals surface area contributed by atoms with Gasteiger partial charge in [-0.15, -0.1) is 11.3 Å². The molecule has 0 saturated heterocycles. The highest BCUT2D eigenvalue weighted by molar-refractivity contribution is 7.13. The summed E-state index contributed by atoms with van der Waals surface area (Å²) in [7, 11) is 0. The van der Waals surface area contributed by atoms with E-state index < -0.39 is 5.82 Å². The molecule has 1 aromatic carbocycles. The van der Waals surface area contributed by atoms with Crippen molar-refractivity contribution in [2.75, 3.05) is 5.73 Å². The summed E-state index contributed by atoms with van der Waals surface area (Å²) in [6, 6.07) is 6.22. The number of halogens is 1. The summed E-state index contributed by atoms with van der Waals surface area (Å²) in [5.74, 6) is 0.0125. The van der Waals surface area contributed by atoms with Crippen molar-refractivity contribution in [2.24, 2.45) is 0 Å². The molecule has 2 aromatic heterocycles. The topological polar surface area (TPSA) is 77.8 Å². The lowest BCUT2D eigenvalue weighted by atomic mass is 10.2. The van der Waals surface area contributed by atoms with Crippen LogP contribution in [0.2, 0.25) is 0 Å². The first-order chi connectivity index (χ1) is 8.74. The summed E-state index contributed by atoms with van der Waals surface area (Å²) >= 11 is 1.27. The molecular weight excluding hydrogens is 255 g/mol. The van der Waals surface area contributed by atoms with Crippen LogP contribution in [0.5, 0.6) is 0 Å². The number of nitrogens with zero attached hydrogens (tertiary/aromatic N) is 3. The van der Waals surface area contributed by atoms with Gasteiger partial charge in [-0.2, -0.15) is 4.98 Å². The fourth-order valence-electron chi connectivity index (χ4n) is 1.47. The van der Waals surface area contributed by atoms with Crippen LogP contribution < -0.4 is 5.73 Å². The van der Waals surface area contributed by atoms with E-state index in [1.54, 1.807) is 23.6 Å². The molecule has 0 fully saturated rings. The summed E-state index contributed by atoms with van der Waals surface area (Å²) in [6.07, 6.45) is 0.